The summed E-state index contributed by atoms with van der Waals surface area (Å²) in [5.74, 6) is 0.671. The molecule has 0 saturated heterocycles. The molecule has 0 fully saturated rings. The molecule has 2 aromatic heterocycles. The summed E-state index contributed by atoms with van der Waals surface area (Å²) in [7, 11) is 0. The molecular weight excluding hydrogens is 310 g/mol. The smallest absolute Gasteiger partial charge is 0.204 e. The number of aryl methyl sites for hydroxylation is 2. The van der Waals surface area contributed by atoms with E-state index in [2.05, 4.69) is 46.5 Å². The lowest BCUT2D eigenvalue weighted by Crippen LogP contribution is -2.01. The van der Waals surface area contributed by atoms with Crippen molar-refractivity contribution in [1.29, 1.82) is 0 Å². The van der Waals surface area contributed by atoms with Gasteiger partial charge in [-0.2, -0.15) is 0 Å². The van der Waals surface area contributed by atoms with Crippen molar-refractivity contribution in [2.75, 3.05) is 5.32 Å². The SMILES string of the molecule is Cc1ccc(Nc2nc3ccc(Cl)cc3n3cnnc23)c(C)c1. The molecule has 4 aromatic rings. The fourth-order valence-electron chi connectivity index (χ4n) is 2.69. The first-order valence-corrected chi connectivity index (χ1v) is 7.63. The Morgan fingerprint density at radius 1 is 1.09 bits per heavy atom. The number of halogens is 1. The second-order valence-electron chi connectivity index (χ2n) is 5.56. The third-order valence-corrected chi connectivity index (χ3v) is 4.06. The molecular formula is C17H14ClN5. The van der Waals surface area contributed by atoms with Gasteiger partial charge >= 0.3 is 0 Å². The predicted octanol–water partition coefficient (Wildman–Crippen LogP) is 4.29. The van der Waals surface area contributed by atoms with Gasteiger partial charge in [-0.15, -0.1) is 10.2 Å². The van der Waals surface area contributed by atoms with Crippen LogP contribution >= 0.6 is 11.6 Å². The van der Waals surface area contributed by atoms with Crippen LogP contribution in [0.5, 0.6) is 0 Å². The average Bonchev–Trinajstić information content (AvgIpc) is 3.01. The molecule has 0 saturated carbocycles. The number of hydrogen-bond acceptors (Lipinski definition) is 4. The first-order valence-electron chi connectivity index (χ1n) is 7.25. The van der Waals surface area contributed by atoms with Gasteiger partial charge in [0.05, 0.1) is 11.0 Å². The zero-order valence-corrected chi connectivity index (χ0v) is 13.5. The third-order valence-electron chi connectivity index (χ3n) is 3.82. The van der Waals surface area contributed by atoms with E-state index in [1.807, 2.05) is 28.7 Å². The second-order valence-corrected chi connectivity index (χ2v) is 6.00. The van der Waals surface area contributed by atoms with Crippen LogP contribution in [0.1, 0.15) is 11.1 Å². The largest absolute Gasteiger partial charge is 0.337 e. The monoisotopic (exact) mass is 323 g/mol. The molecule has 2 heterocycles. The van der Waals surface area contributed by atoms with Crippen LogP contribution in [0.3, 0.4) is 0 Å². The van der Waals surface area contributed by atoms with Gasteiger partial charge in [-0.3, -0.25) is 4.40 Å². The van der Waals surface area contributed by atoms with Crippen LogP contribution in [0.2, 0.25) is 5.02 Å². The van der Waals surface area contributed by atoms with Gasteiger partial charge in [0.2, 0.25) is 5.65 Å². The molecule has 0 amide bonds. The van der Waals surface area contributed by atoms with Crippen molar-refractivity contribution >= 4 is 39.8 Å². The van der Waals surface area contributed by atoms with Crippen molar-refractivity contribution < 1.29 is 0 Å². The van der Waals surface area contributed by atoms with Crippen LogP contribution in [-0.2, 0) is 0 Å². The molecule has 0 aliphatic rings. The number of anilines is 2. The molecule has 0 aliphatic heterocycles. The minimum Gasteiger partial charge on any atom is -0.337 e. The van der Waals surface area contributed by atoms with Crippen LogP contribution in [0.15, 0.2) is 42.7 Å². The van der Waals surface area contributed by atoms with Crippen LogP contribution in [0.25, 0.3) is 16.7 Å². The summed E-state index contributed by atoms with van der Waals surface area (Å²) in [4.78, 5) is 4.68. The van der Waals surface area contributed by atoms with Gasteiger partial charge in [0.1, 0.15) is 6.33 Å². The van der Waals surface area contributed by atoms with E-state index in [0.717, 1.165) is 22.3 Å². The molecule has 0 unspecified atom stereocenters. The number of nitrogens with one attached hydrogen (secondary N) is 1. The Labute approximate surface area is 137 Å². The van der Waals surface area contributed by atoms with Crippen LogP contribution in [0, 0.1) is 13.8 Å². The van der Waals surface area contributed by atoms with E-state index >= 15 is 0 Å². The maximum absolute atomic E-state index is 6.09. The van der Waals surface area contributed by atoms with Crippen molar-refractivity contribution in [3.05, 3.63) is 58.9 Å². The average molecular weight is 324 g/mol. The molecule has 0 bridgehead atoms. The lowest BCUT2D eigenvalue weighted by Gasteiger charge is -2.11. The summed E-state index contributed by atoms with van der Waals surface area (Å²) in [5, 5.41) is 12.2. The summed E-state index contributed by atoms with van der Waals surface area (Å²) in [6.45, 7) is 4.14. The second kappa shape index (κ2) is 5.21. The van der Waals surface area contributed by atoms with E-state index in [1.54, 1.807) is 6.33 Å². The Kier molecular flexibility index (Phi) is 3.16. The van der Waals surface area contributed by atoms with Crippen molar-refractivity contribution in [2.45, 2.75) is 13.8 Å². The van der Waals surface area contributed by atoms with Gasteiger partial charge in [0.25, 0.3) is 0 Å². The number of rotatable bonds is 2. The molecule has 23 heavy (non-hydrogen) atoms. The summed E-state index contributed by atoms with van der Waals surface area (Å²) >= 11 is 6.09. The zero-order chi connectivity index (χ0) is 16.0. The fourth-order valence-corrected chi connectivity index (χ4v) is 2.86. The van der Waals surface area contributed by atoms with Crippen LogP contribution in [-0.4, -0.2) is 19.6 Å². The fraction of sp³-hybridized carbons (Fsp3) is 0.118. The minimum absolute atomic E-state index is 0.657. The highest BCUT2D eigenvalue weighted by atomic mass is 35.5. The van der Waals surface area contributed by atoms with Gasteiger partial charge in [0, 0.05) is 10.7 Å². The number of fused-ring (bicyclic) bond motifs is 3. The number of benzene rings is 2. The van der Waals surface area contributed by atoms with Gasteiger partial charge in [-0.1, -0.05) is 29.3 Å². The lowest BCUT2D eigenvalue weighted by atomic mass is 10.1. The Morgan fingerprint density at radius 2 is 1.96 bits per heavy atom. The first kappa shape index (κ1) is 14.0. The van der Waals surface area contributed by atoms with Gasteiger partial charge < -0.3 is 5.32 Å². The molecule has 0 spiro atoms. The summed E-state index contributed by atoms with van der Waals surface area (Å²) in [6.07, 6.45) is 1.67. The van der Waals surface area contributed by atoms with Crippen molar-refractivity contribution in [3.8, 4) is 0 Å². The van der Waals surface area contributed by atoms with E-state index in [4.69, 9.17) is 11.6 Å². The zero-order valence-electron chi connectivity index (χ0n) is 12.7. The van der Waals surface area contributed by atoms with Gasteiger partial charge in [0.15, 0.2) is 5.82 Å². The highest BCUT2D eigenvalue weighted by Crippen LogP contribution is 2.26. The highest BCUT2D eigenvalue weighted by Gasteiger charge is 2.11. The molecule has 4 rings (SSSR count). The molecule has 0 atom stereocenters. The van der Waals surface area contributed by atoms with Crippen molar-refractivity contribution in [2.24, 2.45) is 0 Å². The van der Waals surface area contributed by atoms with Crippen molar-refractivity contribution in [1.82, 2.24) is 19.6 Å². The molecule has 1 N–H and O–H groups in total. The van der Waals surface area contributed by atoms with Crippen LogP contribution < -0.4 is 5.32 Å². The maximum atomic E-state index is 6.09. The van der Waals surface area contributed by atoms with Gasteiger partial charge in [-0.25, -0.2) is 4.98 Å². The van der Waals surface area contributed by atoms with Crippen LogP contribution in [0.4, 0.5) is 11.5 Å². The molecule has 2 aromatic carbocycles. The molecule has 5 nitrogen and oxygen atoms in total. The van der Waals surface area contributed by atoms with Crippen molar-refractivity contribution in [3.63, 3.8) is 0 Å². The number of hydrogen-bond donors (Lipinski definition) is 1. The topological polar surface area (TPSA) is 55.1 Å². The predicted molar refractivity (Wildman–Crippen MR) is 92.5 cm³/mol. The highest BCUT2D eigenvalue weighted by molar-refractivity contribution is 6.31. The van der Waals surface area contributed by atoms with E-state index in [0.29, 0.717) is 16.5 Å². The van der Waals surface area contributed by atoms with E-state index in [-0.39, 0.29) is 0 Å². The summed E-state index contributed by atoms with van der Waals surface area (Å²) < 4.78 is 1.89. The van der Waals surface area contributed by atoms with Gasteiger partial charge in [-0.05, 0) is 43.7 Å². The summed E-state index contributed by atoms with van der Waals surface area (Å²) in [5.41, 5.74) is 5.75. The normalized spacial score (nSPS) is 11.3. The minimum atomic E-state index is 0.657. The standard InChI is InChI=1S/C17H14ClN5/c1-10-3-5-13(11(2)7-10)20-16-17-22-19-9-23(17)15-8-12(18)4-6-14(15)21-16/h3-9H,1-2H3,(H,20,21). The summed E-state index contributed by atoms with van der Waals surface area (Å²) in [6, 6.07) is 11.8. The number of nitrogens with zero attached hydrogens (tertiary/aromatic N) is 4. The molecule has 6 heteroatoms. The lowest BCUT2D eigenvalue weighted by molar-refractivity contribution is 1.11. The quantitative estimate of drug-likeness (QED) is 0.598. The Balaban J connectivity index is 1.91. The Hall–Kier alpha value is -2.66. The molecule has 114 valence electrons. The maximum Gasteiger partial charge on any atom is 0.204 e. The first-order chi connectivity index (χ1) is 11.1. The Morgan fingerprint density at radius 3 is 2.78 bits per heavy atom. The van der Waals surface area contributed by atoms with E-state index < -0.39 is 0 Å². The third kappa shape index (κ3) is 2.39. The Bertz CT molecular complexity index is 1040. The van der Waals surface area contributed by atoms with E-state index in [9.17, 15) is 0 Å². The number of aromatic nitrogens is 4. The van der Waals surface area contributed by atoms with E-state index in [1.165, 1.54) is 5.56 Å². The molecule has 0 radical (unpaired) electrons. The molecule has 0 aliphatic carbocycles.